The van der Waals surface area contributed by atoms with E-state index in [1.165, 1.54) is 5.56 Å². The largest absolute Gasteiger partial charge is 0.492 e. The molecule has 0 amide bonds. The highest BCUT2D eigenvalue weighted by Gasteiger charge is 2.20. The number of sulfone groups is 1. The molecule has 1 aliphatic heterocycles. The van der Waals surface area contributed by atoms with Crippen molar-refractivity contribution in [2.45, 2.75) is 6.92 Å². The number of rotatable bonds is 4. The molecule has 1 aromatic carbocycles. The number of hydrogen-bond donors (Lipinski definition) is 0. The van der Waals surface area contributed by atoms with E-state index in [1.807, 2.05) is 31.2 Å². The van der Waals surface area contributed by atoms with E-state index in [4.69, 9.17) is 4.74 Å². The van der Waals surface area contributed by atoms with Gasteiger partial charge in [-0.2, -0.15) is 0 Å². The van der Waals surface area contributed by atoms with Crippen molar-refractivity contribution in [2.75, 3.05) is 37.7 Å². The molecule has 100 valence electrons. The SMILES string of the molecule is Cc1cccc(OCCN2CCS(=O)(=O)CC2)c1. The highest BCUT2D eigenvalue weighted by Crippen LogP contribution is 2.12. The van der Waals surface area contributed by atoms with E-state index < -0.39 is 9.84 Å². The van der Waals surface area contributed by atoms with Crippen molar-refractivity contribution in [3.63, 3.8) is 0 Å². The van der Waals surface area contributed by atoms with Crippen molar-refractivity contribution >= 4 is 9.84 Å². The molecule has 0 radical (unpaired) electrons. The number of ether oxygens (including phenoxy) is 1. The van der Waals surface area contributed by atoms with E-state index in [1.54, 1.807) is 0 Å². The summed E-state index contributed by atoms with van der Waals surface area (Å²) in [6, 6.07) is 7.94. The van der Waals surface area contributed by atoms with Crippen LogP contribution in [-0.4, -0.2) is 51.1 Å². The van der Waals surface area contributed by atoms with Gasteiger partial charge in [-0.25, -0.2) is 8.42 Å². The van der Waals surface area contributed by atoms with Crippen LogP contribution in [0.2, 0.25) is 0 Å². The number of hydrogen-bond acceptors (Lipinski definition) is 4. The molecule has 5 heteroatoms. The zero-order valence-electron chi connectivity index (χ0n) is 10.6. The second-order valence-corrected chi connectivity index (χ2v) is 6.96. The summed E-state index contributed by atoms with van der Waals surface area (Å²) in [6.07, 6.45) is 0. The number of benzene rings is 1. The van der Waals surface area contributed by atoms with Gasteiger partial charge in [-0.1, -0.05) is 12.1 Å². The van der Waals surface area contributed by atoms with Gasteiger partial charge in [-0.3, -0.25) is 4.90 Å². The van der Waals surface area contributed by atoms with E-state index in [9.17, 15) is 8.42 Å². The minimum absolute atomic E-state index is 0.275. The first kappa shape index (κ1) is 13.4. The molecular weight excluding hydrogens is 250 g/mol. The second-order valence-electron chi connectivity index (χ2n) is 4.66. The summed E-state index contributed by atoms with van der Waals surface area (Å²) in [7, 11) is -2.78. The summed E-state index contributed by atoms with van der Waals surface area (Å²) < 4.78 is 28.2. The number of nitrogens with zero attached hydrogens (tertiary/aromatic N) is 1. The van der Waals surface area contributed by atoms with Crippen molar-refractivity contribution in [3.8, 4) is 5.75 Å². The minimum atomic E-state index is -2.78. The molecule has 4 nitrogen and oxygen atoms in total. The molecule has 1 heterocycles. The standard InChI is InChI=1S/C13H19NO3S/c1-12-3-2-4-13(11-12)17-8-5-14-6-9-18(15,16)10-7-14/h2-4,11H,5-10H2,1H3. The van der Waals surface area contributed by atoms with Crippen molar-refractivity contribution in [3.05, 3.63) is 29.8 Å². The van der Waals surface area contributed by atoms with E-state index in [0.29, 0.717) is 19.7 Å². The highest BCUT2D eigenvalue weighted by atomic mass is 32.2. The Hall–Kier alpha value is -1.07. The summed E-state index contributed by atoms with van der Waals surface area (Å²) in [6.45, 7) is 4.66. The Morgan fingerprint density at radius 3 is 2.67 bits per heavy atom. The Morgan fingerprint density at radius 1 is 1.28 bits per heavy atom. The average molecular weight is 269 g/mol. The third kappa shape index (κ3) is 3.99. The van der Waals surface area contributed by atoms with Crippen LogP contribution in [-0.2, 0) is 9.84 Å². The Labute approximate surface area is 108 Å². The molecule has 2 rings (SSSR count). The summed E-state index contributed by atoms with van der Waals surface area (Å²) in [5.41, 5.74) is 1.18. The quantitative estimate of drug-likeness (QED) is 0.821. The lowest BCUT2D eigenvalue weighted by Gasteiger charge is -2.26. The highest BCUT2D eigenvalue weighted by molar-refractivity contribution is 7.91. The molecule has 0 saturated carbocycles. The lowest BCUT2D eigenvalue weighted by atomic mass is 10.2. The van der Waals surface area contributed by atoms with Gasteiger partial charge in [0.1, 0.15) is 12.4 Å². The maximum atomic E-state index is 11.3. The van der Waals surface area contributed by atoms with Gasteiger partial charge < -0.3 is 4.74 Å². The molecule has 0 unspecified atom stereocenters. The minimum Gasteiger partial charge on any atom is -0.492 e. The Balaban J connectivity index is 1.73. The second kappa shape index (κ2) is 5.71. The Kier molecular flexibility index (Phi) is 4.24. The molecule has 1 saturated heterocycles. The summed E-state index contributed by atoms with van der Waals surface area (Å²) in [5.74, 6) is 1.43. The molecule has 0 bridgehead atoms. The van der Waals surface area contributed by atoms with Crippen molar-refractivity contribution in [2.24, 2.45) is 0 Å². The third-order valence-electron chi connectivity index (χ3n) is 3.10. The fourth-order valence-corrected chi connectivity index (χ4v) is 3.25. The van der Waals surface area contributed by atoms with Gasteiger partial charge in [0.25, 0.3) is 0 Å². The van der Waals surface area contributed by atoms with Gasteiger partial charge in [0.05, 0.1) is 11.5 Å². The van der Waals surface area contributed by atoms with Crippen LogP contribution in [0.15, 0.2) is 24.3 Å². The summed E-state index contributed by atoms with van der Waals surface area (Å²) in [5, 5.41) is 0. The molecule has 18 heavy (non-hydrogen) atoms. The molecule has 1 fully saturated rings. The van der Waals surface area contributed by atoms with Gasteiger partial charge >= 0.3 is 0 Å². The molecule has 0 N–H and O–H groups in total. The summed E-state index contributed by atoms with van der Waals surface area (Å²) >= 11 is 0. The topological polar surface area (TPSA) is 46.6 Å². The predicted molar refractivity (Wildman–Crippen MR) is 71.8 cm³/mol. The van der Waals surface area contributed by atoms with Crippen LogP contribution in [0.4, 0.5) is 0 Å². The lowest BCUT2D eigenvalue weighted by molar-refractivity contribution is 0.219. The van der Waals surface area contributed by atoms with Crippen LogP contribution in [0.5, 0.6) is 5.75 Å². The van der Waals surface area contributed by atoms with Crippen LogP contribution in [0.1, 0.15) is 5.56 Å². The van der Waals surface area contributed by atoms with Gasteiger partial charge in [0.15, 0.2) is 9.84 Å². The van der Waals surface area contributed by atoms with Crippen LogP contribution in [0.25, 0.3) is 0 Å². The van der Waals surface area contributed by atoms with Crippen molar-refractivity contribution in [1.82, 2.24) is 4.90 Å². The fraction of sp³-hybridized carbons (Fsp3) is 0.538. The van der Waals surface area contributed by atoms with Crippen LogP contribution in [0, 0.1) is 6.92 Å². The van der Waals surface area contributed by atoms with Gasteiger partial charge in [0.2, 0.25) is 0 Å². The molecule has 0 aromatic heterocycles. The van der Waals surface area contributed by atoms with Gasteiger partial charge in [0, 0.05) is 19.6 Å². The Morgan fingerprint density at radius 2 is 2.00 bits per heavy atom. The molecule has 0 spiro atoms. The van der Waals surface area contributed by atoms with E-state index in [-0.39, 0.29) is 11.5 Å². The monoisotopic (exact) mass is 269 g/mol. The molecular formula is C13H19NO3S. The zero-order valence-corrected chi connectivity index (χ0v) is 11.4. The predicted octanol–water partition coefficient (Wildman–Crippen LogP) is 1.10. The molecule has 0 atom stereocenters. The average Bonchev–Trinajstić information content (AvgIpc) is 2.31. The molecule has 1 aromatic rings. The number of aryl methyl sites for hydroxylation is 1. The van der Waals surface area contributed by atoms with E-state index >= 15 is 0 Å². The first-order chi connectivity index (χ1) is 8.55. The maximum absolute atomic E-state index is 11.3. The third-order valence-corrected chi connectivity index (χ3v) is 4.71. The van der Waals surface area contributed by atoms with Crippen molar-refractivity contribution < 1.29 is 13.2 Å². The van der Waals surface area contributed by atoms with E-state index in [2.05, 4.69) is 4.90 Å². The van der Waals surface area contributed by atoms with Gasteiger partial charge in [-0.15, -0.1) is 0 Å². The molecule has 0 aliphatic carbocycles. The van der Waals surface area contributed by atoms with Crippen LogP contribution in [0.3, 0.4) is 0 Å². The zero-order chi connectivity index (χ0) is 13.0. The Bertz CT molecular complexity index is 485. The first-order valence-corrected chi connectivity index (χ1v) is 7.99. The van der Waals surface area contributed by atoms with E-state index in [0.717, 1.165) is 12.3 Å². The maximum Gasteiger partial charge on any atom is 0.152 e. The fourth-order valence-electron chi connectivity index (χ4n) is 1.97. The molecule has 1 aliphatic rings. The van der Waals surface area contributed by atoms with Crippen LogP contribution >= 0.6 is 0 Å². The lowest BCUT2D eigenvalue weighted by Crippen LogP contribution is -2.42. The summed E-state index contributed by atoms with van der Waals surface area (Å²) in [4.78, 5) is 2.14. The first-order valence-electron chi connectivity index (χ1n) is 6.17. The smallest absolute Gasteiger partial charge is 0.152 e. The normalized spacial score (nSPS) is 19.6. The van der Waals surface area contributed by atoms with Crippen molar-refractivity contribution in [1.29, 1.82) is 0 Å². The van der Waals surface area contributed by atoms with Gasteiger partial charge in [-0.05, 0) is 24.6 Å². The van der Waals surface area contributed by atoms with Crippen LogP contribution < -0.4 is 4.74 Å².